The molecule has 0 aromatic rings. The minimum absolute atomic E-state index is 0.545. The molecule has 2 aliphatic rings. The SMILES string of the molecule is CCN1CCN(C(C)CNC(=NC)NCCC2=CCCCC2)CC1. The molecule has 1 unspecified atom stereocenters. The molecule has 1 fully saturated rings. The van der Waals surface area contributed by atoms with E-state index in [1.807, 2.05) is 7.05 Å². The molecule has 1 saturated heterocycles. The standard InChI is InChI=1S/C19H37N5/c1-4-23-12-14-24(15-13-23)17(2)16-22-19(20-3)21-11-10-18-8-6-5-7-9-18/h8,17H,4-7,9-16H2,1-3H3,(H2,20,21,22). The van der Waals surface area contributed by atoms with Crippen molar-refractivity contribution in [1.82, 2.24) is 20.4 Å². The maximum Gasteiger partial charge on any atom is 0.191 e. The van der Waals surface area contributed by atoms with Crippen LogP contribution in [0, 0.1) is 0 Å². The van der Waals surface area contributed by atoms with Crippen LogP contribution in [0.5, 0.6) is 0 Å². The Hall–Kier alpha value is -1.07. The van der Waals surface area contributed by atoms with Gasteiger partial charge in [-0.1, -0.05) is 18.6 Å². The molecule has 0 aromatic carbocycles. The van der Waals surface area contributed by atoms with Gasteiger partial charge in [0.15, 0.2) is 5.96 Å². The Kier molecular flexibility index (Phi) is 8.60. The second-order valence-corrected chi connectivity index (χ2v) is 7.06. The zero-order valence-electron chi connectivity index (χ0n) is 16.0. The van der Waals surface area contributed by atoms with Crippen LogP contribution in [0.4, 0.5) is 0 Å². The summed E-state index contributed by atoms with van der Waals surface area (Å²) in [6, 6.07) is 0.545. The summed E-state index contributed by atoms with van der Waals surface area (Å²) in [5.41, 5.74) is 1.62. The van der Waals surface area contributed by atoms with Crippen LogP contribution >= 0.6 is 0 Å². The van der Waals surface area contributed by atoms with Crippen molar-refractivity contribution in [2.75, 3.05) is 52.9 Å². The van der Waals surface area contributed by atoms with Crippen LogP contribution in [0.15, 0.2) is 16.6 Å². The normalized spacial score (nSPS) is 22.1. The van der Waals surface area contributed by atoms with Crippen molar-refractivity contribution >= 4 is 5.96 Å². The lowest BCUT2D eigenvalue weighted by molar-refractivity contribution is 0.107. The van der Waals surface area contributed by atoms with E-state index in [2.05, 4.69) is 45.3 Å². The fourth-order valence-electron chi connectivity index (χ4n) is 3.59. The highest BCUT2D eigenvalue weighted by Crippen LogP contribution is 2.19. The molecule has 0 aromatic heterocycles. The number of guanidine groups is 1. The molecule has 138 valence electrons. The fourth-order valence-corrected chi connectivity index (χ4v) is 3.59. The molecule has 0 saturated carbocycles. The fraction of sp³-hybridized carbons (Fsp3) is 0.842. The first kappa shape index (κ1) is 19.3. The second-order valence-electron chi connectivity index (χ2n) is 7.06. The minimum Gasteiger partial charge on any atom is -0.356 e. The number of allylic oxidation sites excluding steroid dienone is 1. The number of nitrogens with zero attached hydrogens (tertiary/aromatic N) is 3. The molecule has 0 bridgehead atoms. The monoisotopic (exact) mass is 335 g/mol. The van der Waals surface area contributed by atoms with Crippen LogP contribution < -0.4 is 10.6 Å². The molecule has 1 heterocycles. The first-order valence-corrected chi connectivity index (χ1v) is 9.81. The van der Waals surface area contributed by atoms with E-state index in [9.17, 15) is 0 Å². The highest BCUT2D eigenvalue weighted by atomic mass is 15.3. The lowest BCUT2D eigenvalue weighted by Crippen LogP contribution is -2.53. The first-order valence-electron chi connectivity index (χ1n) is 9.81. The van der Waals surface area contributed by atoms with E-state index < -0.39 is 0 Å². The van der Waals surface area contributed by atoms with Crippen molar-refractivity contribution in [1.29, 1.82) is 0 Å². The summed E-state index contributed by atoms with van der Waals surface area (Å²) in [6.07, 6.45) is 8.86. The minimum atomic E-state index is 0.545. The van der Waals surface area contributed by atoms with Gasteiger partial charge in [0.05, 0.1) is 0 Å². The van der Waals surface area contributed by atoms with E-state index in [1.54, 1.807) is 5.57 Å². The van der Waals surface area contributed by atoms with Gasteiger partial charge < -0.3 is 15.5 Å². The number of piperazine rings is 1. The van der Waals surface area contributed by atoms with Gasteiger partial charge in [-0.2, -0.15) is 0 Å². The van der Waals surface area contributed by atoms with Gasteiger partial charge in [-0.15, -0.1) is 0 Å². The Morgan fingerprint density at radius 2 is 2.00 bits per heavy atom. The summed E-state index contributed by atoms with van der Waals surface area (Å²) in [5.74, 6) is 0.936. The average molecular weight is 336 g/mol. The molecule has 1 atom stereocenters. The molecule has 0 amide bonds. The Bertz CT molecular complexity index is 410. The van der Waals surface area contributed by atoms with Gasteiger partial charge in [-0.3, -0.25) is 9.89 Å². The van der Waals surface area contributed by atoms with Gasteiger partial charge >= 0.3 is 0 Å². The Morgan fingerprint density at radius 1 is 1.21 bits per heavy atom. The predicted molar refractivity (Wildman–Crippen MR) is 104 cm³/mol. The molecule has 1 aliphatic carbocycles. The van der Waals surface area contributed by atoms with Crippen molar-refractivity contribution in [3.05, 3.63) is 11.6 Å². The van der Waals surface area contributed by atoms with Gasteiger partial charge in [0, 0.05) is 52.4 Å². The summed E-state index contributed by atoms with van der Waals surface area (Å²) in [4.78, 5) is 9.47. The summed E-state index contributed by atoms with van der Waals surface area (Å²) in [7, 11) is 1.86. The Balaban J connectivity index is 1.63. The number of rotatable bonds is 7. The largest absolute Gasteiger partial charge is 0.356 e. The average Bonchev–Trinajstić information content (AvgIpc) is 2.65. The summed E-state index contributed by atoms with van der Waals surface area (Å²) < 4.78 is 0. The summed E-state index contributed by atoms with van der Waals surface area (Å²) in [6.45, 7) is 12.4. The second kappa shape index (κ2) is 10.7. The molecule has 5 nitrogen and oxygen atoms in total. The third-order valence-corrected chi connectivity index (χ3v) is 5.39. The van der Waals surface area contributed by atoms with Gasteiger partial charge in [-0.25, -0.2) is 0 Å². The molecule has 24 heavy (non-hydrogen) atoms. The van der Waals surface area contributed by atoms with E-state index in [4.69, 9.17) is 0 Å². The van der Waals surface area contributed by atoms with Gasteiger partial charge in [0.1, 0.15) is 0 Å². The van der Waals surface area contributed by atoms with Crippen LogP contribution in [0.2, 0.25) is 0 Å². The van der Waals surface area contributed by atoms with Crippen LogP contribution in [0.25, 0.3) is 0 Å². The third kappa shape index (κ3) is 6.44. The zero-order valence-corrected chi connectivity index (χ0v) is 16.0. The third-order valence-electron chi connectivity index (χ3n) is 5.39. The topological polar surface area (TPSA) is 42.9 Å². The van der Waals surface area contributed by atoms with Crippen LogP contribution in [-0.4, -0.2) is 74.7 Å². The first-order chi connectivity index (χ1) is 11.7. The van der Waals surface area contributed by atoms with E-state index in [0.29, 0.717) is 6.04 Å². The Labute approximate surface area is 148 Å². The van der Waals surface area contributed by atoms with Gasteiger partial charge in [0.2, 0.25) is 0 Å². The van der Waals surface area contributed by atoms with Crippen LogP contribution in [0.1, 0.15) is 46.0 Å². The van der Waals surface area contributed by atoms with Crippen molar-refractivity contribution < 1.29 is 0 Å². The predicted octanol–water partition coefficient (Wildman–Crippen LogP) is 2.07. The molecule has 0 spiro atoms. The van der Waals surface area contributed by atoms with Crippen LogP contribution in [0.3, 0.4) is 0 Å². The molecule has 2 N–H and O–H groups in total. The number of nitrogens with one attached hydrogen (secondary N) is 2. The van der Waals surface area contributed by atoms with Crippen molar-refractivity contribution in [3.8, 4) is 0 Å². The Morgan fingerprint density at radius 3 is 2.62 bits per heavy atom. The summed E-state index contributed by atoms with van der Waals surface area (Å²) >= 11 is 0. The van der Waals surface area contributed by atoms with Gasteiger partial charge in [0.25, 0.3) is 0 Å². The van der Waals surface area contributed by atoms with E-state index in [1.165, 1.54) is 58.4 Å². The highest BCUT2D eigenvalue weighted by Gasteiger charge is 2.20. The quantitative estimate of drug-likeness (QED) is 0.425. The molecular weight excluding hydrogens is 298 g/mol. The zero-order chi connectivity index (χ0) is 17.2. The molecule has 5 heteroatoms. The molecular formula is C19H37N5. The maximum absolute atomic E-state index is 4.36. The van der Waals surface area contributed by atoms with Crippen molar-refractivity contribution in [2.45, 2.75) is 52.0 Å². The maximum atomic E-state index is 4.36. The number of hydrogen-bond donors (Lipinski definition) is 2. The van der Waals surface area contributed by atoms with E-state index in [0.717, 1.165) is 25.5 Å². The number of aliphatic imine (C=N–C) groups is 1. The van der Waals surface area contributed by atoms with Crippen molar-refractivity contribution in [2.24, 2.45) is 4.99 Å². The lowest BCUT2D eigenvalue weighted by Gasteiger charge is -2.37. The highest BCUT2D eigenvalue weighted by molar-refractivity contribution is 5.79. The smallest absolute Gasteiger partial charge is 0.191 e. The molecule has 2 rings (SSSR count). The van der Waals surface area contributed by atoms with Crippen molar-refractivity contribution in [3.63, 3.8) is 0 Å². The molecule has 1 aliphatic heterocycles. The van der Waals surface area contributed by atoms with E-state index in [-0.39, 0.29) is 0 Å². The lowest BCUT2D eigenvalue weighted by atomic mass is 9.97. The van der Waals surface area contributed by atoms with E-state index >= 15 is 0 Å². The number of likely N-dealkylation sites (N-methyl/N-ethyl adjacent to an activating group) is 1. The van der Waals surface area contributed by atoms with Crippen LogP contribution in [-0.2, 0) is 0 Å². The number of hydrogen-bond acceptors (Lipinski definition) is 3. The summed E-state index contributed by atoms with van der Waals surface area (Å²) in [5, 5.41) is 6.96. The molecule has 0 radical (unpaired) electrons. The van der Waals surface area contributed by atoms with Gasteiger partial charge in [-0.05, 0) is 45.6 Å².